The van der Waals surface area contributed by atoms with Crippen molar-refractivity contribution in [3.05, 3.63) is 53.4 Å². The van der Waals surface area contributed by atoms with Crippen LogP contribution < -0.4 is 5.73 Å². The van der Waals surface area contributed by atoms with Crippen molar-refractivity contribution in [2.24, 2.45) is 5.73 Å². The topological polar surface area (TPSA) is 64.7 Å². The molecule has 0 aromatic carbocycles. The van der Waals surface area contributed by atoms with Gasteiger partial charge in [0.05, 0.1) is 12.1 Å². The van der Waals surface area contributed by atoms with E-state index >= 15 is 0 Å². The highest BCUT2D eigenvalue weighted by atomic mass is 14.9. The Labute approximate surface area is 94.6 Å². The zero-order valence-corrected chi connectivity index (χ0v) is 9.22. The molecule has 0 fully saturated rings. The number of hydrogen-bond donors (Lipinski definition) is 1. The Hall–Kier alpha value is -1.81. The van der Waals surface area contributed by atoms with Gasteiger partial charge < -0.3 is 5.73 Å². The molecule has 4 nitrogen and oxygen atoms in total. The van der Waals surface area contributed by atoms with Crippen LogP contribution in [0, 0.1) is 6.92 Å². The second-order valence-corrected chi connectivity index (χ2v) is 3.62. The van der Waals surface area contributed by atoms with Gasteiger partial charge >= 0.3 is 0 Å². The minimum absolute atomic E-state index is 0.443. The molecule has 2 aromatic heterocycles. The van der Waals surface area contributed by atoms with Gasteiger partial charge in [-0.25, -0.2) is 9.97 Å². The quantitative estimate of drug-likeness (QED) is 0.834. The summed E-state index contributed by atoms with van der Waals surface area (Å²) in [5.41, 5.74) is 8.36. The van der Waals surface area contributed by atoms with Crippen LogP contribution in [0.25, 0.3) is 0 Å². The first kappa shape index (κ1) is 10.7. The lowest BCUT2D eigenvalue weighted by atomic mass is 10.2. The van der Waals surface area contributed by atoms with Crippen molar-refractivity contribution >= 4 is 0 Å². The first-order valence-corrected chi connectivity index (χ1v) is 5.21. The number of nitrogens with zero attached hydrogens (tertiary/aromatic N) is 3. The Balaban J connectivity index is 2.24. The van der Waals surface area contributed by atoms with E-state index in [4.69, 9.17) is 5.73 Å². The summed E-state index contributed by atoms with van der Waals surface area (Å²) in [6.45, 7) is 2.39. The molecule has 0 spiro atoms. The van der Waals surface area contributed by atoms with Crippen molar-refractivity contribution in [1.82, 2.24) is 15.0 Å². The molecule has 16 heavy (non-hydrogen) atoms. The van der Waals surface area contributed by atoms with E-state index in [9.17, 15) is 0 Å². The van der Waals surface area contributed by atoms with Crippen LogP contribution in [0.1, 0.15) is 22.9 Å². The highest BCUT2D eigenvalue weighted by Gasteiger charge is 2.03. The first-order chi connectivity index (χ1) is 7.78. The van der Waals surface area contributed by atoms with Gasteiger partial charge in [-0.15, -0.1) is 0 Å². The lowest BCUT2D eigenvalue weighted by Gasteiger charge is -2.03. The van der Waals surface area contributed by atoms with Crippen molar-refractivity contribution < 1.29 is 0 Å². The van der Waals surface area contributed by atoms with Crippen molar-refractivity contribution in [1.29, 1.82) is 0 Å². The molecule has 2 N–H and O–H groups in total. The Kier molecular flexibility index (Phi) is 3.22. The second kappa shape index (κ2) is 4.81. The van der Waals surface area contributed by atoms with Crippen molar-refractivity contribution in [3.63, 3.8) is 0 Å². The van der Waals surface area contributed by atoms with Gasteiger partial charge in [-0.1, -0.05) is 6.07 Å². The third-order valence-electron chi connectivity index (χ3n) is 2.23. The molecule has 2 heterocycles. The molecule has 0 saturated carbocycles. The summed E-state index contributed by atoms with van der Waals surface area (Å²) in [7, 11) is 0. The summed E-state index contributed by atoms with van der Waals surface area (Å²) < 4.78 is 0. The van der Waals surface area contributed by atoms with Crippen LogP contribution in [-0.2, 0) is 13.0 Å². The maximum Gasteiger partial charge on any atom is 0.134 e. The number of hydrogen-bond acceptors (Lipinski definition) is 4. The van der Waals surface area contributed by atoms with Gasteiger partial charge in [-0.05, 0) is 25.1 Å². The summed E-state index contributed by atoms with van der Waals surface area (Å²) in [4.78, 5) is 13.0. The van der Waals surface area contributed by atoms with E-state index < -0.39 is 0 Å². The standard InChI is InChI=1S/C12H14N4/c1-9-6-11(8-13)16-12(15-9)7-10-4-2-3-5-14-10/h2-6H,7-8,13H2,1H3. The number of pyridine rings is 1. The monoisotopic (exact) mass is 214 g/mol. The molecule has 2 rings (SSSR count). The normalized spacial score (nSPS) is 10.4. The molecule has 0 atom stereocenters. The van der Waals surface area contributed by atoms with Gasteiger partial charge in [-0.2, -0.15) is 0 Å². The third-order valence-corrected chi connectivity index (χ3v) is 2.23. The minimum atomic E-state index is 0.443. The molecule has 0 saturated heterocycles. The van der Waals surface area contributed by atoms with Crippen LogP contribution in [0.4, 0.5) is 0 Å². The Morgan fingerprint density at radius 3 is 2.75 bits per heavy atom. The fourth-order valence-electron chi connectivity index (χ4n) is 1.55. The van der Waals surface area contributed by atoms with E-state index in [1.807, 2.05) is 31.2 Å². The molecule has 4 heteroatoms. The van der Waals surface area contributed by atoms with E-state index in [0.29, 0.717) is 13.0 Å². The Morgan fingerprint density at radius 2 is 2.06 bits per heavy atom. The highest BCUT2D eigenvalue weighted by molar-refractivity contribution is 5.14. The SMILES string of the molecule is Cc1cc(CN)nc(Cc2ccccn2)n1. The molecule has 82 valence electrons. The Bertz CT molecular complexity index is 468. The molecule has 0 unspecified atom stereocenters. The number of aryl methyl sites for hydroxylation is 1. The zero-order valence-electron chi connectivity index (χ0n) is 9.22. The molecule has 0 radical (unpaired) electrons. The molecule has 0 aliphatic heterocycles. The van der Waals surface area contributed by atoms with E-state index in [-0.39, 0.29) is 0 Å². The van der Waals surface area contributed by atoms with Gasteiger partial charge in [0.1, 0.15) is 5.82 Å². The van der Waals surface area contributed by atoms with Crippen molar-refractivity contribution in [2.75, 3.05) is 0 Å². The average molecular weight is 214 g/mol. The van der Waals surface area contributed by atoms with Gasteiger partial charge in [0, 0.05) is 24.1 Å². The zero-order chi connectivity index (χ0) is 11.4. The van der Waals surface area contributed by atoms with Gasteiger partial charge in [0.2, 0.25) is 0 Å². The van der Waals surface area contributed by atoms with Crippen LogP contribution in [0.15, 0.2) is 30.5 Å². The second-order valence-electron chi connectivity index (χ2n) is 3.62. The van der Waals surface area contributed by atoms with E-state index in [1.54, 1.807) is 6.20 Å². The van der Waals surface area contributed by atoms with E-state index in [0.717, 1.165) is 22.9 Å². The molecular weight excluding hydrogens is 200 g/mol. The highest BCUT2D eigenvalue weighted by Crippen LogP contribution is 2.05. The molecule has 0 aliphatic carbocycles. The maximum atomic E-state index is 5.58. The largest absolute Gasteiger partial charge is 0.325 e. The summed E-state index contributed by atoms with van der Waals surface area (Å²) in [6.07, 6.45) is 2.42. The molecule has 0 aliphatic rings. The van der Waals surface area contributed by atoms with Crippen LogP contribution in [-0.4, -0.2) is 15.0 Å². The summed E-state index contributed by atoms with van der Waals surface area (Å²) in [5, 5.41) is 0. The van der Waals surface area contributed by atoms with E-state index in [1.165, 1.54) is 0 Å². The van der Waals surface area contributed by atoms with Gasteiger partial charge in [-0.3, -0.25) is 4.98 Å². The fourth-order valence-corrected chi connectivity index (χ4v) is 1.55. The molecule has 0 amide bonds. The van der Waals surface area contributed by atoms with Crippen LogP contribution in [0.2, 0.25) is 0 Å². The van der Waals surface area contributed by atoms with Gasteiger partial charge in [0.25, 0.3) is 0 Å². The van der Waals surface area contributed by atoms with Gasteiger partial charge in [0.15, 0.2) is 0 Å². The van der Waals surface area contributed by atoms with Crippen molar-refractivity contribution in [3.8, 4) is 0 Å². The lowest BCUT2D eigenvalue weighted by molar-refractivity contribution is 0.861. The first-order valence-electron chi connectivity index (χ1n) is 5.21. The number of aromatic nitrogens is 3. The lowest BCUT2D eigenvalue weighted by Crippen LogP contribution is -2.06. The predicted molar refractivity (Wildman–Crippen MR) is 61.7 cm³/mol. The van der Waals surface area contributed by atoms with Crippen LogP contribution >= 0.6 is 0 Å². The summed E-state index contributed by atoms with van der Waals surface area (Å²) >= 11 is 0. The Morgan fingerprint density at radius 1 is 1.19 bits per heavy atom. The third kappa shape index (κ3) is 2.61. The molecule has 0 bridgehead atoms. The summed E-state index contributed by atoms with van der Waals surface area (Å²) in [5.74, 6) is 0.777. The van der Waals surface area contributed by atoms with Crippen molar-refractivity contribution in [2.45, 2.75) is 19.9 Å². The average Bonchev–Trinajstić information content (AvgIpc) is 2.29. The minimum Gasteiger partial charge on any atom is -0.325 e. The smallest absolute Gasteiger partial charge is 0.134 e. The van der Waals surface area contributed by atoms with E-state index in [2.05, 4.69) is 15.0 Å². The predicted octanol–water partition coefficient (Wildman–Crippen LogP) is 1.23. The number of rotatable bonds is 3. The number of nitrogens with two attached hydrogens (primary N) is 1. The van der Waals surface area contributed by atoms with Crippen LogP contribution in [0.3, 0.4) is 0 Å². The summed E-state index contributed by atoms with van der Waals surface area (Å²) in [6, 6.07) is 7.73. The maximum absolute atomic E-state index is 5.58. The molecule has 2 aromatic rings. The fraction of sp³-hybridized carbons (Fsp3) is 0.250. The van der Waals surface area contributed by atoms with Crippen LogP contribution in [0.5, 0.6) is 0 Å². The molecular formula is C12H14N4.